The molecule has 1 heterocycles. The van der Waals surface area contributed by atoms with Gasteiger partial charge in [0.05, 0.1) is 5.75 Å². The van der Waals surface area contributed by atoms with Crippen LogP contribution in [0.2, 0.25) is 0 Å². The van der Waals surface area contributed by atoms with E-state index in [4.69, 9.17) is 0 Å². The topological polar surface area (TPSA) is 49.4 Å². The highest BCUT2D eigenvalue weighted by molar-refractivity contribution is 7.88. The van der Waals surface area contributed by atoms with Crippen molar-refractivity contribution in [3.63, 3.8) is 0 Å². The van der Waals surface area contributed by atoms with Crippen LogP contribution in [0.1, 0.15) is 24.0 Å². The Balaban J connectivity index is 1.42. The first-order valence-corrected chi connectivity index (χ1v) is 10.6. The van der Waals surface area contributed by atoms with Crippen molar-refractivity contribution in [3.8, 4) is 0 Å². The molecule has 3 rings (SSSR count). The number of likely N-dealkylation sites (tertiary alicyclic amines) is 1. The number of piperidine rings is 1. The normalized spacial score (nSPS) is 16.7. The fourth-order valence-electron chi connectivity index (χ4n) is 3.29. The first kappa shape index (κ1) is 19.0. The molecule has 1 N–H and O–H groups in total. The molecule has 0 unspecified atom stereocenters. The number of hydrogen-bond acceptors (Lipinski definition) is 3. The zero-order valence-electron chi connectivity index (χ0n) is 14.8. The van der Waals surface area contributed by atoms with Crippen LogP contribution in [-0.4, -0.2) is 33.0 Å². The summed E-state index contributed by atoms with van der Waals surface area (Å²) >= 11 is 0. The van der Waals surface area contributed by atoms with E-state index in [1.54, 1.807) is 0 Å². The molecule has 140 valence electrons. The van der Waals surface area contributed by atoms with E-state index in [1.807, 2.05) is 6.07 Å². The van der Waals surface area contributed by atoms with Crippen LogP contribution < -0.4 is 4.72 Å². The second kappa shape index (κ2) is 8.75. The van der Waals surface area contributed by atoms with Gasteiger partial charge in [0.1, 0.15) is 5.82 Å². The van der Waals surface area contributed by atoms with Crippen molar-refractivity contribution >= 4 is 10.0 Å². The lowest BCUT2D eigenvalue weighted by molar-refractivity contribution is 0.178. The molecule has 0 atom stereocenters. The molecule has 1 aliphatic heterocycles. The molecule has 2 aromatic rings. The molecular formula is C20H25FN2O2S. The van der Waals surface area contributed by atoms with Crippen molar-refractivity contribution in [1.82, 2.24) is 9.62 Å². The van der Waals surface area contributed by atoms with Gasteiger partial charge in [-0.2, -0.15) is 0 Å². The Morgan fingerprint density at radius 2 is 1.62 bits per heavy atom. The van der Waals surface area contributed by atoms with Gasteiger partial charge in [0.2, 0.25) is 10.0 Å². The van der Waals surface area contributed by atoms with Crippen LogP contribution >= 0.6 is 0 Å². The molecule has 1 saturated heterocycles. The third-order valence-electron chi connectivity index (χ3n) is 4.82. The summed E-state index contributed by atoms with van der Waals surface area (Å²) in [6, 6.07) is 16.0. The van der Waals surface area contributed by atoms with Crippen LogP contribution in [0.25, 0.3) is 0 Å². The summed E-state index contributed by atoms with van der Waals surface area (Å²) < 4.78 is 40.1. The van der Waals surface area contributed by atoms with E-state index in [1.165, 1.54) is 29.8 Å². The van der Waals surface area contributed by atoms with E-state index in [0.717, 1.165) is 32.5 Å². The SMILES string of the molecule is O=S(=O)(Cc1ccc(F)cc1)NCC1CCN(Cc2ccccc2)CC1. The van der Waals surface area contributed by atoms with Crippen molar-refractivity contribution in [2.75, 3.05) is 19.6 Å². The van der Waals surface area contributed by atoms with Crippen molar-refractivity contribution in [2.24, 2.45) is 5.92 Å². The van der Waals surface area contributed by atoms with Crippen molar-refractivity contribution in [2.45, 2.75) is 25.1 Å². The van der Waals surface area contributed by atoms with Gasteiger partial charge in [-0.15, -0.1) is 0 Å². The van der Waals surface area contributed by atoms with Gasteiger partial charge in [-0.25, -0.2) is 17.5 Å². The minimum atomic E-state index is -3.39. The highest BCUT2D eigenvalue weighted by Gasteiger charge is 2.21. The number of nitrogens with one attached hydrogen (secondary N) is 1. The minimum Gasteiger partial charge on any atom is -0.299 e. The number of nitrogens with zero attached hydrogens (tertiary/aromatic N) is 1. The summed E-state index contributed by atoms with van der Waals surface area (Å²) in [5.74, 6) is -0.105. The lowest BCUT2D eigenvalue weighted by Crippen LogP contribution is -2.38. The summed E-state index contributed by atoms with van der Waals surface area (Å²) in [6.45, 7) is 3.39. The number of halogens is 1. The lowest BCUT2D eigenvalue weighted by Gasteiger charge is -2.32. The summed E-state index contributed by atoms with van der Waals surface area (Å²) in [5, 5.41) is 0. The highest BCUT2D eigenvalue weighted by Crippen LogP contribution is 2.19. The predicted octanol–water partition coefficient (Wildman–Crippen LogP) is 3.16. The molecule has 0 radical (unpaired) electrons. The Morgan fingerprint density at radius 3 is 2.27 bits per heavy atom. The first-order chi connectivity index (χ1) is 12.5. The van der Waals surface area contributed by atoms with E-state index < -0.39 is 10.0 Å². The third kappa shape index (κ3) is 5.90. The standard InChI is InChI=1S/C20H25FN2O2S/c21-20-8-6-19(7-9-20)16-26(24,25)22-14-17-10-12-23(13-11-17)15-18-4-2-1-3-5-18/h1-9,17,22H,10-16H2. The molecular weight excluding hydrogens is 351 g/mol. The smallest absolute Gasteiger partial charge is 0.215 e. The fourth-order valence-corrected chi connectivity index (χ4v) is 4.51. The Bertz CT molecular complexity index is 786. The number of benzene rings is 2. The van der Waals surface area contributed by atoms with Crippen LogP contribution in [-0.2, 0) is 22.3 Å². The summed E-state index contributed by atoms with van der Waals surface area (Å²) in [6.07, 6.45) is 1.98. The molecule has 6 heteroatoms. The molecule has 0 bridgehead atoms. The van der Waals surface area contributed by atoms with E-state index >= 15 is 0 Å². The van der Waals surface area contributed by atoms with Crippen LogP contribution in [0.3, 0.4) is 0 Å². The maximum Gasteiger partial charge on any atom is 0.215 e. The van der Waals surface area contributed by atoms with Gasteiger partial charge < -0.3 is 0 Å². The molecule has 0 aromatic heterocycles. The molecule has 0 aliphatic carbocycles. The van der Waals surface area contributed by atoms with Gasteiger partial charge in [-0.3, -0.25) is 4.90 Å². The molecule has 4 nitrogen and oxygen atoms in total. The Kier molecular flexibility index (Phi) is 6.40. The zero-order valence-corrected chi connectivity index (χ0v) is 15.6. The second-order valence-corrected chi connectivity index (χ2v) is 8.75. The van der Waals surface area contributed by atoms with Gasteiger partial charge in [0.25, 0.3) is 0 Å². The van der Waals surface area contributed by atoms with Gasteiger partial charge in [0.15, 0.2) is 0 Å². The Labute approximate surface area is 155 Å². The van der Waals surface area contributed by atoms with Gasteiger partial charge in [-0.05, 0) is 55.1 Å². The summed E-state index contributed by atoms with van der Waals surface area (Å²) in [7, 11) is -3.39. The first-order valence-electron chi connectivity index (χ1n) is 8.98. The maximum atomic E-state index is 12.9. The average Bonchev–Trinajstić information content (AvgIpc) is 2.64. The van der Waals surface area contributed by atoms with Gasteiger partial charge >= 0.3 is 0 Å². The van der Waals surface area contributed by atoms with Gasteiger partial charge in [0, 0.05) is 13.1 Å². The van der Waals surface area contributed by atoms with E-state index in [9.17, 15) is 12.8 Å². The Hall–Kier alpha value is -1.76. The van der Waals surface area contributed by atoms with Crippen LogP contribution in [0.4, 0.5) is 4.39 Å². The fraction of sp³-hybridized carbons (Fsp3) is 0.400. The summed E-state index contributed by atoms with van der Waals surface area (Å²) in [5.41, 5.74) is 1.91. The van der Waals surface area contributed by atoms with Crippen molar-refractivity contribution in [1.29, 1.82) is 0 Å². The van der Waals surface area contributed by atoms with Gasteiger partial charge in [-0.1, -0.05) is 42.5 Å². The third-order valence-corrected chi connectivity index (χ3v) is 6.14. The average molecular weight is 376 g/mol. The molecule has 2 aromatic carbocycles. The molecule has 0 amide bonds. The molecule has 26 heavy (non-hydrogen) atoms. The zero-order chi connectivity index (χ0) is 18.4. The Morgan fingerprint density at radius 1 is 0.962 bits per heavy atom. The lowest BCUT2D eigenvalue weighted by atomic mass is 9.97. The number of sulfonamides is 1. The summed E-state index contributed by atoms with van der Waals surface area (Å²) in [4.78, 5) is 2.42. The van der Waals surface area contributed by atoms with Crippen molar-refractivity contribution < 1.29 is 12.8 Å². The second-order valence-electron chi connectivity index (χ2n) is 6.94. The maximum absolute atomic E-state index is 12.9. The van der Waals surface area contributed by atoms with Crippen molar-refractivity contribution in [3.05, 3.63) is 71.5 Å². The highest BCUT2D eigenvalue weighted by atomic mass is 32.2. The predicted molar refractivity (Wildman–Crippen MR) is 101 cm³/mol. The van der Waals surface area contributed by atoms with Crippen LogP contribution in [0.15, 0.2) is 54.6 Å². The van der Waals surface area contributed by atoms with E-state index in [-0.39, 0.29) is 11.6 Å². The number of rotatable bonds is 7. The molecule has 1 fully saturated rings. The van der Waals surface area contributed by atoms with Crippen LogP contribution in [0.5, 0.6) is 0 Å². The largest absolute Gasteiger partial charge is 0.299 e. The quantitative estimate of drug-likeness (QED) is 0.808. The van der Waals surface area contributed by atoms with E-state index in [2.05, 4.69) is 33.9 Å². The molecule has 0 saturated carbocycles. The van der Waals surface area contributed by atoms with E-state index in [0.29, 0.717) is 18.0 Å². The molecule has 0 spiro atoms. The molecule has 1 aliphatic rings. The number of hydrogen-bond donors (Lipinski definition) is 1. The monoisotopic (exact) mass is 376 g/mol. The minimum absolute atomic E-state index is 0.111. The van der Waals surface area contributed by atoms with Crippen LogP contribution in [0, 0.1) is 11.7 Å².